The number of hydrogen-bond acceptors (Lipinski definition) is 4. The van der Waals surface area contributed by atoms with Gasteiger partial charge in [0.05, 0.1) is 0 Å². The Balaban J connectivity index is 2.41. The quantitative estimate of drug-likeness (QED) is 0.828. The lowest BCUT2D eigenvalue weighted by atomic mass is 10.3. The lowest BCUT2D eigenvalue weighted by molar-refractivity contribution is 0.434. The molecular formula is C8H6BrN3O. The number of rotatable bonds is 1. The summed E-state index contributed by atoms with van der Waals surface area (Å²) in [7, 11) is 0. The molecule has 0 fully saturated rings. The molecule has 13 heavy (non-hydrogen) atoms. The first-order valence-corrected chi connectivity index (χ1v) is 4.39. The summed E-state index contributed by atoms with van der Waals surface area (Å²) in [6.45, 7) is 0. The van der Waals surface area contributed by atoms with E-state index in [-0.39, 0.29) is 0 Å². The molecule has 0 spiro atoms. The largest absolute Gasteiger partial charge is 0.381 e. The van der Waals surface area contributed by atoms with Crippen LogP contribution < -0.4 is 5.73 Å². The van der Waals surface area contributed by atoms with Crippen molar-refractivity contribution in [1.29, 1.82) is 0 Å². The molecule has 0 saturated carbocycles. The van der Waals surface area contributed by atoms with Crippen molar-refractivity contribution in [2.24, 2.45) is 0 Å². The van der Waals surface area contributed by atoms with E-state index in [0.29, 0.717) is 17.3 Å². The maximum atomic E-state index is 5.40. The van der Waals surface area contributed by atoms with Crippen molar-refractivity contribution in [3.63, 3.8) is 0 Å². The van der Waals surface area contributed by atoms with Crippen LogP contribution in [-0.2, 0) is 0 Å². The second-order valence-corrected chi connectivity index (χ2v) is 3.39. The molecule has 2 aromatic heterocycles. The molecule has 0 aromatic carbocycles. The summed E-state index contributed by atoms with van der Waals surface area (Å²) < 4.78 is 5.86. The third-order valence-corrected chi connectivity index (χ3v) is 1.98. The zero-order chi connectivity index (χ0) is 9.26. The minimum Gasteiger partial charge on any atom is -0.381 e. The summed E-state index contributed by atoms with van der Waals surface area (Å²) in [5.41, 5.74) is 6.12. The van der Waals surface area contributed by atoms with E-state index in [1.54, 1.807) is 12.3 Å². The second kappa shape index (κ2) is 3.18. The molecule has 0 atom stereocenters. The van der Waals surface area contributed by atoms with E-state index >= 15 is 0 Å². The summed E-state index contributed by atoms with van der Waals surface area (Å²) in [4.78, 5) is 4.13. The zero-order valence-corrected chi connectivity index (χ0v) is 8.15. The van der Waals surface area contributed by atoms with Gasteiger partial charge in [-0.25, -0.2) is 0 Å². The zero-order valence-electron chi connectivity index (χ0n) is 6.57. The number of anilines is 1. The summed E-state index contributed by atoms with van der Waals surface area (Å²) in [6.07, 6.45) is 1.69. The van der Waals surface area contributed by atoms with Crippen LogP contribution in [0.15, 0.2) is 33.4 Å². The van der Waals surface area contributed by atoms with Gasteiger partial charge in [0.2, 0.25) is 0 Å². The third-order valence-electron chi connectivity index (χ3n) is 1.51. The van der Waals surface area contributed by atoms with E-state index in [1.807, 2.05) is 12.1 Å². The van der Waals surface area contributed by atoms with Gasteiger partial charge in [-0.05, 0) is 28.1 Å². The van der Waals surface area contributed by atoms with Gasteiger partial charge < -0.3 is 10.3 Å². The van der Waals surface area contributed by atoms with E-state index in [9.17, 15) is 0 Å². The molecule has 0 bridgehead atoms. The highest BCUT2D eigenvalue weighted by atomic mass is 79.9. The second-order valence-electron chi connectivity index (χ2n) is 2.48. The van der Waals surface area contributed by atoms with Crippen LogP contribution in [0.5, 0.6) is 0 Å². The molecule has 4 nitrogen and oxygen atoms in total. The minimum absolute atomic E-state index is 0.361. The molecule has 66 valence electrons. The Hall–Kier alpha value is -1.36. The highest BCUT2D eigenvalue weighted by Crippen LogP contribution is 2.20. The predicted octanol–water partition coefficient (Wildman–Crippen LogP) is 2.08. The van der Waals surface area contributed by atoms with E-state index < -0.39 is 0 Å². The van der Waals surface area contributed by atoms with Crippen molar-refractivity contribution in [2.45, 2.75) is 0 Å². The normalized spacial score (nSPS) is 10.2. The van der Waals surface area contributed by atoms with Crippen molar-refractivity contribution in [3.8, 4) is 11.5 Å². The smallest absolute Gasteiger partial charge is 0.187 e. The molecule has 2 aromatic rings. The van der Waals surface area contributed by atoms with Gasteiger partial charge in [0.15, 0.2) is 11.6 Å². The molecule has 0 aliphatic heterocycles. The standard InChI is InChI=1S/C8H6BrN3O/c9-5-1-2-6(11-4-5)7-3-8(10)12-13-7/h1-4H,(H2,10,12). The fourth-order valence-corrected chi connectivity index (χ4v) is 1.17. The molecule has 0 aliphatic carbocycles. The number of nitrogen functional groups attached to an aromatic ring is 1. The van der Waals surface area contributed by atoms with Crippen molar-refractivity contribution >= 4 is 21.7 Å². The topological polar surface area (TPSA) is 64.9 Å². The number of aromatic nitrogens is 2. The fourth-order valence-electron chi connectivity index (χ4n) is 0.931. The van der Waals surface area contributed by atoms with E-state index in [2.05, 4.69) is 26.1 Å². The first kappa shape index (κ1) is 8.25. The fraction of sp³-hybridized carbons (Fsp3) is 0. The van der Waals surface area contributed by atoms with Crippen LogP contribution >= 0.6 is 15.9 Å². The molecular weight excluding hydrogens is 234 g/mol. The highest BCUT2D eigenvalue weighted by Gasteiger charge is 2.04. The van der Waals surface area contributed by atoms with Crippen LogP contribution in [0.4, 0.5) is 5.82 Å². The Kier molecular flexibility index (Phi) is 2.02. The Labute approximate surface area is 82.9 Å². The van der Waals surface area contributed by atoms with Gasteiger partial charge in [-0.1, -0.05) is 5.16 Å². The van der Waals surface area contributed by atoms with Crippen LogP contribution in [0.3, 0.4) is 0 Å². The van der Waals surface area contributed by atoms with Crippen molar-refractivity contribution in [3.05, 3.63) is 28.9 Å². The molecule has 2 N–H and O–H groups in total. The third kappa shape index (κ3) is 1.70. The Morgan fingerprint density at radius 3 is 2.77 bits per heavy atom. The summed E-state index contributed by atoms with van der Waals surface area (Å²) in [6, 6.07) is 5.33. The SMILES string of the molecule is Nc1cc(-c2ccc(Br)cn2)on1. The van der Waals surface area contributed by atoms with Gasteiger partial charge >= 0.3 is 0 Å². The maximum absolute atomic E-state index is 5.40. The molecule has 2 rings (SSSR count). The number of pyridine rings is 1. The van der Waals surface area contributed by atoms with E-state index in [0.717, 1.165) is 4.47 Å². The van der Waals surface area contributed by atoms with Crippen LogP contribution in [0, 0.1) is 0 Å². The van der Waals surface area contributed by atoms with Crippen molar-refractivity contribution < 1.29 is 4.52 Å². The molecule has 5 heteroatoms. The average Bonchev–Trinajstić information content (AvgIpc) is 2.53. The molecule has 0 unspecified atom stereocenters. The van der Waals surface area contributed by atoms with E-state index in [1.165, 1.54) is 0 Å². The summed E-state index contributed by atoms with van der Waals surface area (Å²) in [5.74, 6) is 0.935. The van der Waals surface area contributed by atoms with Crippen LogP contribution in [0.1, 0.15) is 0 Å². The van der Waals surface area contributed by atoms with Crippen molar-refractivity contribution in [1.82, 2.24) is 10.1 Å². The molecule has 0 amide bonds. The molecule has 0 aliphatic rings. The van der Waals surface area contributed by atoms with Crippen LogP contribution in [0.2, 0.25) is 0 Å². The lowest BCUT2D eigenvalue weighted by Crippen LogP contribution is -1.81. The number of halogens is 1. The van der Waals surface area contributed by atoms with Crippen molar-refractivity contribution in [2.75, 3.05) is 5.73 Å². The monoisotopic (exact) mass is 239 g/mol. The summed E-state index contributed by atoms with van der Waals surface area (Å²) in [5, 5.41) is 3.57. The van der Waals surface area contributed by atoms with Gasteiger partial charge in [-0.15, -0.1) is 0 Å². The maximum Gasteiger partial charge on any atom is 0.187 e. The molecule has 0 saturated heterocycles. The molecule has 2 heterocycles. The lowest BCUT2D eigenvalue weighted by Gasteiger charge is -1.92. The van der Waals surface area contributed by atoms with Crippen LogP contribution in [-0.4, -0.2) is 10.1 Å². The average molecular weight is 240 g/mol. The minimum atomic E-state index is 0.361. The number of nitrogens with two attached hydrogens (primary N) is 1. The van der Waals surface area contributed by atoms with Gasteiger partial charge in [0.25, 0.3) is 0 Å². The van der Waals surface area contributed by atoms with Crippen LogP contribution in [0.25, 0.3) is 11.5 Å². The Morgan fingerprint density at radius 1 is 1.38 bits per heavy atom. The summed E-state index contributed by atoms with van der Waals surface area (Å²) >= 11 is 3.29. The van der Waals surface area contributed by atoms with E-state index in [4.69, 9.17) is 10.3 Å². The number of nitrogens with zero attached hydrogens (tertiary/aromatic N) is 2. The van der Waals surface area contributed by atoms with Gasteiger partial charge in [0.1, 0.15) is 5.69 Å². The first-order chi connectivity index (χ1) is 6.25. The number of hydrogen-bond donors (Lipinski definition) is 1. The van der Waals surface area contributed by atoms with Gasteiger partial charge in [0, 0.05) is 16.7 Å². The highest BCUT2D eigenvalue weighted by molar-refractivity contribution is 9.10. The first-order valence-electron chi connectivity index (χ1n) is 3.60. The van der Waals surface area contributed by atoms with Gasteiger partial charge in [-0.3, -0.25) is 4.98 Å². The predicted molar refractivity (Wildman–Crippen MR) is 51.8 cm³/mol. The van der Waals surface area contributed by atoms with Gasteiger partial charge in [-0.2, -0.15) is 0 Å². The Morgan fingerprint density at radius 2 is 2.23 bits per heavy atom. The molecule has 0 radical (unpaired) electrons. The Bertz CT molecular complexity index is 410.